The van der Waals surface area contributed by atoms with Crippen molar-refractivity contribution in [1.29, 1.82) is 0 Å². The van der Waals surface area contributed by atoms with Crippen LogP contribution in [0.15, 0.2) is 53.3 Å². The molecule has 0 fully saturated rings. The van der Waals surface area contributed by atoms with Gasteiger partial charge in [-0.1, -0.05) is 29.8 Å². The van der Waals surface area contributed by atoms with Gasteiger partial charge in [0.2, 0.25) is 0 Å². The van der Waals surface area contributed by atoms with E-state index in [1.165, 1.54) is 0 Å². The van der Waals surface area contributed by atoms with Crippen LogP contribution in [-0.2, 0) is 6.54 Å². The molecule has 0 spiro atoms. The third kappa shape index (κ3) is 2.51. The van der Waals surface area contributed by atoms with Gasteiger partial charge < -0.3 is 5.32 Å². The predicted molar refractivity (Wildman–Crippen MR) is 81.1 cm³/mol. The highest BCUT2D eigenvalue weighted by atomic mass is 35.5. The number of hydrogen-bond donors (Lipinski definition) is 2. The van der Waals surface area contributed by atoms with Crippen molar-refractivity contribution in [3.63, 3.8) is 0 Å². The van der Waals surface area contributed by atoms with Gasteiger partial charge in [0.15, 0.2) is 0 Å². The van der Waals surface area contributed by atoms with Gasteiger partial charge >= 0.3 is 0 Å². The number of hydrogen-bond acceptors (Lipinski definition) is 3. The SMILES string of the molecule is O=c1[nH]nc(CNc2ccc(Cl)cc2)c2ccccc12. The molecule has 0 amide bonds. The molecule has 0 unspecified atom stereocenters. The number of halogens is 1. The van der Waals surface area contributed by atoms with Crippen molar-refractivity contribution in [2.75, 3.05) is 5.32 Å². The zero-order valence-corrected chi connectivity index (χ0v) is 11.3. The van der Waals surface area contributed by atoms with E-state index in [-0.39, 0.29) is 5.56 Å². The van der Waals surface area contributed by atoms with Crippen molar-refractivity contribution in [2.45, 2.75) is 6.54 Å². The summed E-state index contributed by atoms with van der Waals surface area (Å²) in [5.41, 5.74) is 1.58. The Morgan fingerprint density at radius 1 is 1.05 bits per heavy atom. The third-order valence-electron chi connectivity index (χ3n) is 3.08. The van der Waals surface area contributed by atoms with Gasteiger partial charge in [0.1, 0.15) is 0 Å². The summed E-state index contributed by atoms with van der Waals surface area (Å²) in [5.74, 6) is 0. The molecule has 3 aromatic rings. The summed E-state index contributed by atoms with van der Waals surface area (Å²) in [5, 5.41) is 12.1. The summed E-state index contributed by atoms with van der Waals surface area (Å²) < 4.78 is 0. The van der Waals surface area contributed by atoms with E-state index in [0.717, 1.165) is 16.8 Å². The third-order valence-corrected chi connectivity index (χ3v) is 3.33. The fraction of sp³-hybridized carbons (Fsp3) is 0.0667. The Bertz CT molecular complexity index is 796. The first-order chi connectivity index (χ1) is 9.74. The van der Waals surface area contributed by atoms with Gasteiger partial charge in [-0.2, -0.15) is 5.10 Å². The molecule has 0 aliphatic carbocycles. The molecule has 2 N–H and O–H groups in total. The van der Waals surface area contributed by atoms with Crippen molar-refractivity contribution in [3.05, 3.63) is 69.6 Å². The first kappa shape index (κ1) is 12.7. The van der Waals surface area contributed by atoms with Gasteiger partial charge in [0.25, 0.3) is 5.56 Å². The smallest absolute Gasteiger partial charge is 0.272 e. The second kappa shape index (κ2) is 5.35. The summed E-state index contributed by atoms with van der Waals surface area (Å²) in [6.07, 6.45) is 0. The van der Waals surface area contributed by atoms with Gasteiger partial charge in [-0.15, -0.1) is 0 Å². The molecule has 2 aromatic carbocycles. The fourth-order valence-corrected chi connectivity index (χ4v) is 2.19. The van der Waals surface area contributed by atoms with Crippen LogP contribution in [0.3, 0.4) is 0 Å². The van der Waals surface area contributed by atoms with Crippen LogP contribution in [0.25, 0.3) is 10.8 Å². The van der Waals surface area contributed by atoms with Crippen molar-refractivity contribution in [3.8, 4) is 0 Å². The topological polar surface area (TPSA) is 57.8 Å². The highest BCUT2D eigenvalue weighted by Crippen LogP contribution is 2.16. The highest BCUT2D eigenvalue weighted by molar-refractivity contribution is 6.30. The summed E-state index contributed by atoms with van der Waals surface area (Å²) in [4.78, 5) is 11.7. The molecule has 5 heteroatoms. The fourth-order valence-electron chi connectivity index (χ4n) is 2.06. The Hall–Kier alpha value is -2.33. The Labute approximate surface area is 120 Å². The molecule has 1 aromatic heterocycles. The average Bonchev–Trinajstić information content (AvgIpc) is 2.49. The van der Waals surface area contributed by atoms with Crippen LogP contribution in [0, 0.1) is 0 Å². The summed E-state index contributed by atoms with van der Waals surface area (Å²) in [7, 11) is 0. The quantitative estimate of drug-likeness (QED) is 0.777. The molecule has 100 valence electrons. The monoisotopic (exact) mass is 285 g/mol. The molecule has 0 radical (unpaired) electrons. The van der Waals surface area contributed by atoms with Crippen molar-refractivity contribution < 1.29 is 0 Å². The zero-order chi connectivity index (χ0) is 13.9. The molecule has 0 saturated carbocycles. The Kier molecular flexibility index (Phi) is 3.39. The summed E-state index contributed by atoms with van der Waals surface area (Å²) in [6, 6.07) is 14.9. The number of fused-ring (bicyclic) bond motifs is 1. The lowest BCUT2D eigenvalue weighted by Gasteiger charge is -2.08. The van der Waals surface area contributed by atoms with Crippen LogP contribution < -0.4 is 10.9 Å². The largest absolute Gasteiger partial charge is 0.379 e. The minimum Gasteiger partial charge on any atom is -0.379 e. The second-order valence-corrected chi connectivity index (χ2v) is 4.84. The van der Waals surface area contributed by atoms with Crippen molar-refractivity contribution in [1.82, 2.24) is 10.2 Å². The number of aromatic nitrogens is 2. The molecular weight excluding hydrogens is 274 g/mol. The number of nitrogens with one attached hydrogen (secondary N) is 2. The number of nitrogens with zero attached hydrogens (tertiary/aromatic N) is 1. The van der Waals surface area contributed by atoms with Crippen molar-refractivity contribution >= 4 is 28.1 Å². The van der Waals surface area contributed by atoms with E-state index in [1.807, 2.05) is 42.5 Å². The van der Waals surface area contributed by atoms with Gasteiger partial charge in [-0.05, 0) is 30.3 Å². The summed E-state index contributed by atoms with van der Waals surface area (Å²) in [6.45, 7) is 0.527. The van der Waals surface area contributed by atoms with E-state index in [0.29, 0.717) is 17.0 Å². The van der Waals surface area contributed by atoms with E-state index in [4.69, 9.17) is 11.6 Å². The van der Waals surface area contributed by atoms with Crippen LogP contribution in [0.5, 0.6) is 0 Å². The van der Waals surface area contributed by atoms with Crippen LogP contribution >= 0.6 is 11.6 Å². The molecule has 0 saturated heterocycles. The van der Waals surface area contributed by atoms with Gasteiger partial charge in [-0.25, -0.2) is 5.10 Å². The molecule has 4 nitrogen and oxygen atoms in total. The van der Waals surface area contributed by atoms with E-state index in [9.17, 15) is 4.79 Å². The number of rotatable bonds is 3. The standard InChI is InChI=1S/C15H12ClN3O/c16-10-5-7-11(8-6-10)17-9-14-12-3-1-2-4-13(12)15(20)19-18-14/h1-8,17H,9H2,(H,19,20). The minimum absolute atomic E-state index is 0.171. The van der Waals surface area contributed by atoms with E-state index >= 15 is 0 Å². The number of aromatic amines is 1. The van der Waals surface area contributed by atoms with Crippen LogP contribution in [0.1, 0.15) is 5.69 Å². The average molecular weight is 286 g/mol. The summed E-state index contributed by atoms with van der Waals surface area (Å²) >= 11 is 5.84. The van der Waals surface area contributed by atoms with Gasteiger partial charge in [-0.3, -0.25) is 4.79 Å². The molecular formula is C15H12ClN3O. The lowest BCUT2D eigenvalue weighted by molar-refractivity contribution is 0.924. The molecule has 1 heterocycles. The molecule has 0 aliphatic heterocycles. The second-order valence-electron chi connectivity index (χ2n) is 4.41. The lowest BCUT2D eigenvalue weighted by atomic mass is 10.1. The molecule has 20 heavy (non-hydrogen) atoms. The maximum atomic E-state index is 11.7. The first-order valence-corrected chi connectivity index (χ1v) is 6.57. The molecule has 0 atom stereocenters. The van der Waals surface area contributed by atoms with Gasteiger partial charge in [0.05, 0.1) is 17.6 Å². The highest BCUT2D eigenvalue weighted by Gasteiger charge is 2.05. The number of anilines is 1. The van der Waals surface area contributed by atoms with Crippen LogP contribution in [0.4, 0.5) is 5.69 Å². The number of benzene rings is 2. The first-order valence-electron chi connectivity index (χ1n) is 6.20. The van der Waals surface area contributed by atoms with Gasteiger partial charge in [0, 0.05) is 16.1 Å². The molecule has 0 bridgehead atoms. The van der Waals surface area contributed by atoms with E-state index in [2.05, 4.69) is 15.5 Å². The van der Waals surface area contributed by atoms with Crippen LogP contribution in [0.2, 0.25) is 5.02 Å². The predicted octanol–water partition coefficient (Wildman–Crippen LogP) is 3.19. The Balaban J connectivity index is 1.90. The minimum atomic E-state index is -0.171. The zero-order valence-electron chi connectivity index (χ0n) is 10.6. The lowest BCUT2D eigenvalue weighted by Crippen LogP contribution is -2.13. The van der Waals surface area contributed by atoms with E-state index < -0.39 is 0 Å². The maximum Gasteiger partial charge on any atom is 0.272 e. The molecule has 0 aliphatic rings. The number of H-pyrrole nitrogens is 1. The Morgan fingerprint density at radius 3 is 2.50 bits per heavy atom. The normalized spacial score (nSPS) is 10.7. The molecule has 3 rings (SSSR count). The van der Waals surface area contributed by atoms with Crippen molar-refractivity contribution in [2.24, 2.45) is 0 Å². The maximum absolute atomic E-state index is 11.7. The van der Waals surface area contributed by atoms with E-state index in [1.54, 1.807) is 6.07 Å². The Morgan fingerprint density at radius 2 is 1.75 bits per heavy atom. The van der Waals surface area contributed by atoms with Crippen LogP contribution in [-0.4, -0.2) is 10.2 Å².